The zero-order valence-corrected chi connectivity index (χ0v) is 16.8. The number of aryl methyl sites for hydroxylation is 1. The molecule has 0 aromatic heterocycles. The molecule has 2 aromatic carbocycles. The molecule has 0 bridgehead atoms. The first-order valence-electron chi connectivity index (χ1n) is 9.78. The Morgan fingerprint density at radius 1 is 1.18 bits per heavy atom. The Morgan fingerprint density at radius 2 is 1.96 bits per heavy atom. The summed E-state index contributed by atoms with van der Waals surface area (Å²) in [5.41, 5.74) is 2.83. The van der Waals surface area contributed by atoms with Crippen molar-refractivity contribution in [2.24, 2.45) is 5.92 Å². The van der Waals surface area contributed by atoms with Crippen molar-refractivity contribution in [3.05, 3.63) is 59.2 Å². The fourth-order valence-corrected chi connectivity index (χ4v) is 5.47. The van der Waals surface area contributed by atoms with Gasteiger partial charge in [-0.2, -0.15) is 0 Å². The molecule has 146 valence electrons. The Bertz CT molecular complexity index is 927. The number of halogens is 1. The predicted molar refractivity (Wildman–Crippen MR) is 111 cm³/mol. The highest BCUT2D eigenvalue weighted by Crippen LogP contribution is 2.54. The van der Waals surface area contributed by atoms with Crippen LogP contribution in [0.3, 0.4) is 0 Å². The Labute approximate surface area is 171 Å². The van der Waals surface area contributed by atoms with E-state index in [9.17, 15) is 10.2 Å². The summed E-state index contributed by atoms with van der Waals surface area (Å²) in [5.74, 6) is 4.33. The van der Waals surface area contributed by atoms with E-state index in [0.29, 0.717) is 18.8 Å². The van der Waals surface area contributed by atoms with E-state index in [1.807, 2.05) is 18.2 Å². The van der Waals surface area contributed by atoms with Crippen LogP contribution in [0.15, 0.2) is 42.5 Å². The molecule has 0 radical (unpaired) electrons. The van der Waals surface area contributed by atoms with E-state index in [1.54, 1.807) is 19.2 Å². The molecule has 4 rings (SSSR count). The highest BCUT2D eigenvalue weighted by atomic mass is 35.5. The summed E-state index contributed by atoms with van der Waals surface area (Å²) in [4.78, 5) is 0. The smallest absolute Gasteiger partial charge is 0.127 e. The van der Waals surface area contributed by atoms with Gasteiger partial charge in [0.1, 0.15) is 17.1 Å². The number of hydrogen-bond donors (Lipinski definition) is 2. The number of aromatic hydroxyl groups is 1. The summed E-state index contributed by atoms with van der Waals surface area (Å²) in [7, 11) is 1.70. The highest BCUT2D eigenvalue weighted by molar-refractivity contribution is 6.30. The third kappa shape index (κ3) is 3.36. The molecule has 2 aliphatic rings. The third-order valence-electron chi connectivity index (χ3n) is 6.70. The van der Waals surface area contributed by atoms with Crippen LogP contribution in [0.5, 0.6) is 11.5 Å². The summed E-state index contributed by atoms with van der Waals surface area (Å²) in [6.07, 6.45) is 4.94. The predicted octanol–water partition coefficient (Wildman–Crippen LogP) is 4.56. The zero-order valence-electron chi connectivity index (χ0n) is 16.0. The van der Waals surface area contributed by atoms with E-state index in [1.165, 1.54) is 16.7 Å². The molecule has 0 aliphatic heterocycles. The molecule has 0 amide bonds. The van der Waals surface area contributed by atoms with Gasteiger partial charge >= 0.3 is 0 Å². The van der Waals surface area contributed by atoms with Crippen LogP contribution in [0.2, 0.25) is 0 Å². The van der Waals surface area contributed by atoms with Gasteiger partial charge in [-0.25, -0.2) is 0 Å². The quantitative estimate of drug-likeness (QED) is 0.748. The first-order chi connectivity index (χ1) is 13.5. The maximum Gasteiger partial charge on any atom is 0.127 e. The lowest BCUT2D eigenvalue weighted by atomic mass is 9.52. The van der Waals surface area contributed by atoms with E-state index in [4.69, 9.17) is 16.3 Å². The molecule has 4 heteroatoms. The minimum atomic E-state index is -1.01. The largest absolute Gasteiger partial charge is 0.508 e. The maximum atomic E-state index is 10.9. The summed E-state index contributed by atoms with van der Waals surface area (Å²) < 4.78 is 5.45. The number of ether oxygens (including phenoxy) is 1. The number of phenols is 1. The van der Waals surface area contributed by atoms with Crippen molar-refractivity contribution < 1.29 is 14.9 Å². The van der Waals surface area contributed by atoms with Gasteiger partial charge in [-0.15, -0.1) is 0 Å². The molecule has 3 unspecified atom stereocenters. The van der Waals surface area contributed by atoms with Gasteiger partial charge in [-0.1, -0.05) is 24.1 Å². The molecular formula is C24H25ClO3. The first kappa shape index (κ1) is 19.2. The summed E-state index contributed by atoms with van der Waals surface area (Å²) in [6.45, 7) is 0. The molecule has 28 heavy (non-hydrogen) atoms. The normalized spacial score (nSPS) is 28.5. The number of fused-ring (bicyclic) bond motifs is 3. The Balaban J connectivity index is 1.78. The van der Waals surface area contributed by atoms with Gasteiger partial charge in [0, 0.05) is 10.8 Å². The Hall–Kier alpha value is -2.15. The van der Waals surface area contributed by atoms with E-state index < -0.39 is 5.60 Å². The summed E-state index contributed by atoms with van der Waals surface area (Å²) in [5, 5.41) is 23.0. The fourth-order valence-electron chi connectivity index (χ4n) is 5.30. The molecule has 3 nitrogen and oxygen atoms in total. The molecular weight excluding hydrogens is 372 g/mol. The van der Waals surface area contributed by atoms with Crippen molar-refractivity contribution >= 4 is 11.6 Å². The van der Waals surface area contributed by atoms with Crippen LogP contribution in [0.1, 0.15) is 42.4 Å². The standard InChI is InChI=1S/C24H25ClO3/c1-28-21-8-9-22-18(14-21)4-5-19-16-23(27,12-13-25)10-11-24(19,22)15-17-2-6-20(26)7-3-17/h2-3,6-9,14,19,26-27H,4-5,10-11,15-16H2,1H3. The molecule has 3 atom stereocenters. The lowest BCUT2D eigenvalue weighted by Crippen LogP contribution is -2.50. The maximum absolute atomic E-state index is 10.9. The first-order valence-corrected chi connectivity index (χ1v) is 10.2. The molecule has 2 aromatic rings. The van der Waals surface area contributed by atoms with Crippen LogP contribution < -0.4 is 4.74 Å². The number of hydrogen-bond acceptors (Lipinski definition) is 3. The van der Waals surface area contributed by atoms with Crippen molar-refractivity contribution in [2.45, 2.75) is 49.5 Å². The highest BCUT2D eigenvalue weighted by Gasteiger charge is 2.51. The van der Waals surface area contributed by atoms with Crippen molar-refractivity contribution in [3.63, 3.8) is 0 Å². The van der Waals surface area contributed by atoms with Crippen LogP contribution in [0.4, 0.5) is 0 Å². The molecule has 0 spiro atoms. The minimum Gasteiger partial charge on any atom is -0.508 e. The molecule has 0 saturated heterocycles. The second-order valence-corrected chi connectivity index (χ2v) is 8.40. The fraction of sp³-hybridized carbons (Fsp3) is 0.417. The van der Waals surface area contributed by atoms with E-state index >= 15 is 0 Å². The van der Waals surface area contributed by atoms with Crippen molar-refractivity contribution in [3.8, 4) is 22.8 Å². The molecule has 1 fully saturated rings. The van der Waals surface area contributed by atoms with E-state index in [-0.39, 0.29) is 11.2 Å². The minimum absolute atomic E-state index is 0.0585. The van der Waals surface area contributed by atoms with Crippen LogP contribution in [0.25, 0.3) is 0 Å². The van der Waals surface area contributed by atoms with Gasteiger partial charge in [0.05, 0.1) is 7.11 Å². The van der Waals surface area contributed by atoms with Gasteiger partial charge < -0.3 is 14.9 Å². The molecule has 2 N–H and O–H groups in total. The van der Waals surface area contributed by atoms with Crippen LogP contribution in [0, 0.1) is 17.2 Å². The number of aliphatic hydroxyl groups is 1. The zero-order chi connectivity index (χ0) is 19.8. The average molecular weight is 397 g/mol. The van der Waals surface area contributed by atoms with E-state index in [0.717, 1.165) is 31.4 Å². The van der Waals surface area contributed by atoms with Gasteiger partial charge in [0.2, 0.25) is 0 Å². The SMILES string of the molecule is COc1ccc2c(c1)CCC1CC(O)(C#CCl)CCC21Cc1ccc(O)cc1. The second kappa shape index (κ2) is 7.35. The number of benzene rings is 2. The third-order valence-corrected chi connectivity index (χ3v) is 6.79. The van der Waals surface area contributed by atoms with Crippen molar-refractivity contribution in [1.29, 1.82) is 0 Å². The summed E-state index contributed by atoms with van der Waals surface area (Å²) >= 11 is 5.63. The van der Waals surface area contributed by atoms with Crippen LogP contribution in [-0.2, 0) is 18.3 Å². The summed E-state index contributed by atoms with van der Waals surface area (Å²) in [6, 6.07) is 13.9. The van der Waals surface area contributed by atoms with Crippen LogP contribution in [-0.4, -0.2) is 22.9 Å². The van der Waals surface area contributed by atoms with E-state index in [2.05, 4.69) is 23.4 Å². The van der Waals surface area contributed by atoms with Crippen molar-refractivity contribution in [2.75, 3.05) is 7.11 Å². The van der Waals surface area contributed by atoms with Crippen LogP contribution >= 0.6 is 11.6 Å². The Morgan fingerprint density at radius 3 is 2.68 bits per heavy atom. The molecule has 2 aliphatic carbocycles. The second-order valence-electron chi connectivity index (χ2n) is 8.21. The Kier molecular flexibility index (Phi) is 5.04. The lowest BCUT2D eigenvalue weighted by Gasteiger charge is -2.52. The molecule has 0 heterocycles. The number of phenolic OH excluding ortho intramolecular Hbond substituents is 1. The van der Waals surface area contributed by atoms with Crippen molar-refractivity contribution in [1.82, 2.24) is 0 Å². The van der Waals surface area contributed by atoms with Gasteiger partial charge in [0.25, 0.3) is 0 Å². The monoisotopic (exact) mass is 396 g/mol. The number of rotatable bonds is 3. The number of methoxy groups -OCH3 is 1. The molecule has 1 saturated carbocycles. The topological polar surface area (TPSA) is 49.7 Å². The van der Waals surface area contributed by atoms with Gasteiger partial charge in [-0.3, -0.25) is 0 Å². The van der Waals surface area contributed by atoms with Gasteiger partial charge in [0.15, 0.2) is 0 Å². The lowest BCUT2D eigenvalue weighted by molar-refractivity contribution is -0.00796. The average Bonchev–Trinajstić information content (AvgIpc) is 2.70. The van der Waals surface area contributed by atoms with Gasteiger partial charge in [-0.05, 0) is 97.0 Å².